The molecular formula is C19H24N2O3. The van der Waals surface area contributed by atoms with Crippen molar-refractivity contribution in [3.05, 3.63) is 29.8 Å². The highest BCUT2D eigenvalue weighted by molar-refractivity contribution is 6.20. The molecule has 1 aromatic rings. The topological polar surface area (TPSA) is 49.9 Å². The van der Waals surface area contributed by atoms with Crippen LogP contribution in [0.15, 0.2) is 24.3 Å². The molecule has 5 heteroatoms. The number of para-hydroxylation sites is 1. The standard InChI is InChI=1S/C19H24N2O3/c1-19(2)15-6-4-5-7-16(15)21(17(19)22)18(23)24-14-10-12-8-9-13(11-14)20(12)3/h4-7,12-14H,8-11H2,1-3H3. The summed E-state index contributed by atoms with van der Waals surface area (Å²) < 4.78 is 5.76. The van der Waals surface area contributed by atoms with Crippen LogP contribution in [-0.4, -0.2) is 42.1 Å². The number of benzene rings is 1. The third kappa shape index (κ3) is 2.18. The van der Waals surface area contributed by atoms with E-state index in [4.69, 9.17) is 4.74 Å². The summed E-state index contributed by atoms with van der Waals surface area (Å²) in [6, 6.07) is 8.48. The van der Waals surface area contributed by atoms with Crippen LogP contribution in [0, 0.1) is 0 Å². The molecule has 3 aliphatic heterocycles. The molecular weight excluding hydrogens is 304 g/mol. The first-order valence-corrected chi connectivity index (χ1v) is 8.76. The van der Waals surface area contributed by atoms with Crippen molar-refractivity contribution in [1.29, 1.82) is 0 Å². The van der Waals surface area contributed by atoms with E-state index in [9.17, 15) is 9.59 Å². The van der Waals surface area contributed by atoms with Crippen LogP contribution < -0.4 is 4.90 Å². The predicted molar refractivity (Wildman–Crippen MR) is 91.0 cm³/mol. The fourth-order valence-electron chi connectivity index (χ4n) is 4.54. The van der Waals surface area contributed by atoms with Crippen LogP contribution in [0.1, 0.15) is 45.1 Å². The normalized spacial score (nSPS) is 31.2. The van der Waals surface area contributed by atoms with E-state index < -0.39 is 11.5 Å². The minimum absolute atomic E-state index is 0.0881. The van der Waals surface area contributed by atoms with E-state index in [1.807, 2.05) is 38.1 Å². The summed E-state index contributed by atoms with van der Waals surface area (Å²) >= 11 is 0. The molecule has 2 fully saturated rings. The van der Waals surface area contributed by atoms with Gasteiger partial charge in [0.1, 0.15) is 6.10 Å². The van der Waals surface area contributed by atoms with Crippen LogP contribution in [0.2, 0.25) is 0 Å². The van der Waals surface area contributed by atoms with E-state index >= 15 is 0 Å². The molecule has 0 radical (unpaired) electrons. The maximum Gasteiger partial charge on any atom is 0.421 e. The highest BCUT2D eigenvalue weighted by atomic mass is 16.6. The largest absolute Gasteiger partial charge is 0.445 e. The number of ether oxygens (including phenoxy) is 1. The summed E-state index contributed by atoms with van der Waals surface area (Å²) in [7, 11) is 2.16. The minimum atomic E-state index is -0.693. The Morgan fingerprint density at radius 3 is 2.46 bits per heavy atom. The number of rotatable bonds is 1. The molecule has 2 atom stereocenters. The third-order valence-electron chi connectivity index (χ3n) is 6.06. The third-order valence-corrected chi connectivity index (χ3v) is 6.06. The van der Waals surface area contributed by atoms with E-state index in [0.29, 0.717) is 17.8 Å². The minimum Gasteiger partial charge on any atom is -0.445 e. The second-order valence-corrected chi connectivity index (χ2v) is 7.81. The fourth-order valence-corrected chi connectivity index (χ4v) is 4.54. The van der Waals surface area contributed by atoms with Crippen molar-refractivity contribution < 1.29 is 14.3 Å². The van der Waals surface area contributed by atoms with Gasteiger partial charge in [-0.3, -0.25) is 4.79 Å². The van der Waals surface area contributed by atoms with Gasteiger partial charge in [-0.15, -0.1) is 0 Å². The molecule has 0 aliphatic carbocycles. The molecule has 2 saturated heterocycles. The number of hydrogen-bond acceptors (Lipinski definition) is 4. The first-order valence-electron chi connectivity index (χ1n) is 8.76. The molecule has 3 aliphatic rings. The molecule has 0 spiro atoms. The molecule has 128 valence electrons. The van der Waals surface area contributed by atoms with Crippen molar-refractivity contribution in [2.45, 2.75) is 63.1 Å². The predicted octanol–water partition coefficient (Wildman–Crippen LogP) is 3.07. The molecule has 2 bridgehead atoms. The summed E-state index contributed by atoms with van der Waals surface area (Å²) in [6.45, 7) is 3.72. The number of anilines is 1. The second-order valence-electron chi connectivity index (χ2n) is 7.81. The molecule has 2 unspecified atom stereocenters. The molecule has 2 amide bonds. The van der Waals surface area contributed by atoms with E-state index in [1.54, 1.807) is 0 Å². The smallest absolute Gasteiger partial charge is 0.421 e. The Morgan fingerprint density at radius 2 is 1.79 bits per heavy atom. The highest BCUT2D eigenvalue weighted by Crippen LogP contribution is 2.42. The summed E-state index contributed by atoms with van der Waals surface area (Å²) in [4.78, 5) is 29.2. The lowest BCUT2D eigenvalue weighted by Gasteiger charge is -2.36. The Morgan fingerprint density at radius 1 is 1.17 bits per heavy atom. The van der Waals surface area contributed by atoms with Gasteiger partial charge in [0.2, 0.25) is 5.91 Å². The Labute approximate surface area is 142 Å². The molecule has 0 aromatic heterocycles. The van der Waals surface area contributed by atoms with Crippen molar-refractivity contribution in [3.63, 3.8) is 0 Å². The van der Waals surface area contributed by atoms with Crippen LogP contribution in [-0.2, 0) is 14.9 Å². The van der Waals surface area contributed by atoms with Gasteiger partial charge in [-0.05, 0) is 45.4 Å². The zero-order valence-electron chi connectivity index (χ0n) is 14.5. The van der Waals surface area contributed by atoms with Gasteiger partial charge in [0.15, 0.2) is 0 Å². The number of piperidine rings is 1. The number of fused-ring (bicyclic) bond motifs is 3. The molecule has 3 heterocycles. The van der Waals surface area contributed by atoms with Gasteiger partial charge >= 0.3 is 6.09 Å². The van der Waals surface area contributed by atoms with Gasteiger partial charge in [0, 0.05) is 24.9 Å². The molecule has 24 heavy (non-hydrogen) atoms. The van der Waals surface area contributed by atoms with Crippen LogP contribution in [0.4, 0.5) is 10.5 Å². The van der Waals surface area contributed by atoms with Gasteiger partial charge in [-0.1, -0.05) is 18.2 Å². The monoisotopic (exact) mass is 328 g/mol. The second kappa shape index (κ2) is 5.31. The zero-order chi connectivity index (χ0) is 17.1. The summed E-state index contributed by atoms with van der Waals surface area (Å²) in [5, 5.41) is 0. The zero-order valence-corrected chi connectivity index (χ0v) is 14.5. The van der Waals surface area contributed by atoms with E-state index in [2.05, 4.69) is 11.9 Å². The van der Waals surface area contributed by atoms with E-state index in [0.717, 1.165) is 18.4 Å². The lowest BCUT2D eigenvalue weighted by atomic mass is 9.86. The van der Waals surface area contributed by atoms with E-state index in [1.165, 1.54) is 17.7 Å². The van der Waals surface area contributed by atoms with Gasteiger partial charge in [0.05, 0.1) is 11.1 Å². The van der Waals surface area contributed by atoms with Gasteiger partial charge in [-0.2, -0.15) is 0 Å². The first-order chi connectivity index (χ1) is 11.4. The highest BCUT2D eigenvalue weighted by Gasteiger charge is 2.48. The lowest BCUT2D eigenvalue weighted by molar-refractivity contribution is -0.121. The van der Waals surface area contributed by atoms with Crippen molar-refractivity contribution in [1.82, 2.24) is 4.90 Å². The maximum atomic E-state index is 12.8. The molecule has 0 saturated carbocycles. The maximum absolute atomic E-state index is 12.8. The molecule has 1 aromatic carbocycles. The summed E-state index contributed by atoms with van der Waals surface area (Å²) in [5.41, 5.74) is 0.852. The van der Waals surface area contributed by atoms with Gasteiger partial charge < -0.3 is 9.64 Å². The number of nitrogens with zero attached hydrogens (tertiary/aromatic N) is 2. The first kappa shape index (κ1) is 15.6. The lowest BCUT2D eigenvalue weighted by Crippen LogP contribution is -2.46. The molecule has 4 rings (SSSR count). The fraction of sp³-hybridized carbons (Fsp3) is 0.579. The van der Waals surface area contributed by atoms with E-state index in [-0.39, 0.29) is 12.0 Å². The number of imide groups is 1. The number of carbonyl (C=O) groups is 2. The Balaban J connectivity index is 1.54. The SMILES string of the molecule is CN1C2CCC1CC(OC(=O)N1C(=O)C(C)(C)c3ccccc31)C2. The van der Waals surface area contributed by atoms with Crippen molar-refractivity contribution in [3.8, 4) is 0 Å². The number of amides is 2. The molecule has 0 N–H and O–H groups in total. The van der Waals surface area contributed by atoms with Crippen molar-refractivity contribution in [2.75, 3.05) is 11.9 Å². The average molecular weight is 328 g/mol. The van der Waals surface area contributed by atoms with Crippen molar-refractivity contribution >= 4 is 17.7 Å². The van der Waals surface area contributed by atoms with Crippen molar-refractivity contribution in [2.24, 2.45) is 0 Å². The Kier molecular flexibility index (Phi) is 3.46. The van der Waals surface area contributed by atoms with Crippen LogP contribution in [0.5, 0.6) is 0 Å². The van der Waals surface area contributed by atoms with Crippen LogP contribution in [0.3, 0.4) is 0 Å². The van der Waals surface area contributed by atoms with Gasteiger partial charge in [0.25, 0.3) is 0 Å². The number of hydrogen-bond donors (Lipinski definition) is 0. The summed E-state index contributed by atoms with van der Waals surface area (Å²) in [6.07, 6.45) is 3.47. The van der Waals surface area contributed by atoms with Crippen LogP contribution in [0.25, 0.3) is 0 Å². The average Bonchev–Trinajstić information content (AvgIpc) is 2.88. The Bertz CT molecular complexity index is 686. The number of carbonyl (C=O) groups excluding carboxylic acids is 2. The summed E-state index contributed by atoms with van der Waals surface area (Å²) in [5.74, 6) is -0.204. The van der Waals surface area contributed by atoms with Crippen LogP contribution >= 0.6 is 0 Å². The quantitative estimate of drug-likeness (QED) is 0.795. The van der Waals surface area contributed by atoms with Gasteiger partial charge in [-0.25, -0.2) is 9.69 Å². The molecule has 5 nitrogen and oxygen atoms in total. The Hall–Kier alpha value is -1.88.